The number of morpholine rings is 1. The maximum absolute atomic E-state index is 14.3. The first kappa shape index (κ1) is 16.7. The molecular formula is C16H24ClFN2O. The van der Waals surface area contributed by atoms with Crippen LogP contribution in [0.1, 0.15) is 39.3 Å². The Morgan fingerprint density at radius 2 is 1.86 bits per heavy atom. The molecule has 5 heteroatoms. The Bertz CT molecular complexity index is 503. The quantitative estimate of drug-likeness (QED) is 0.929. The van der Waals surface area contributed by atoms with E-state index in [1.54, 1.807) is 18.2 Å². The second-order valence-corrected chi connectivity index (χ2v) is 7.33. The van der Waals surface area contributed by atoms with Gasteiger partial charge in [0.1, 0.15) is 5.82 Å². The van der Waals surface area contributed by atoms with E-state index in [4.69, 9.17) is 22.1 Å². The van der Waals surface area contributed by atoms with Gasteiger partial charge in [-0.2, -0.15) is 0 Å². The molecule has 0 spiro atoms. The van der Waals surface area contributed by atoms with E-state index in [2.05, 4.69) is 4.90 Å². The lowest BCUT2D eigenvalue weighted by atomic mass is 9.95. The number of benzene rings is 1. The molecule has 1 aliphatic heterocycles. The Kier molecular flexibility index (Phi) is 4.64. The molecule has 118 valence electrons. The molecule has 21 heavy (non-hydrogen) atoms. The fraction of sp³-hybridized carbons (Fsp3) is 0.625. The van der Waals surface area contributed by atoms with E-state index < -0.39 is 0 Å². The predicted octanol–water partition coefficient (Wildman–Crippen LogP) is 3.37. The monoisotopic (exact) mass is 314 g/mol. The molecule has 0 aliphatic carbocycles. The normalized spacial score (nSPS) is 23.0. The molecule has 1 heterocycles. The number of hydrogen-bond donors (Lipinski definition) is 1. The fourth-order valence-electron chi connectivity index (χ4n) is 3.32. The van der Waals surface area contributed by atoms with Gasteiger partial charge in [-0.15, -0.1) is 0 Å². The van der Waals surface area contributed by atoms with Gasteiger partial charge in [0.05, 0.1) is 22.3 Å². The van der Waals surface area contributed by atoms with Crippen LogP contribution in [0.4, 0.5) is 4.39 Å². The summed E-state index contributed by atoms with van der Waals surface area (Å²) in [5.41, 5.74) is 5.89. The minimum atomic E-state index is -0.378. The third kappa shape index (κ3) is 3.75. The topological polar surface area (TPSA) is 38.5 Å². The van der Waals surface area contributed by atoms with E-state index in [0.29, 0.717) is 25.2 Å². The van der Waals surface area contributed by atoms with Crippen molar-refractivity contribution >= 4 is 11.6 Å². The average Bonchev–Trinajstić information content (AvgIpc) is 2.31. The highest BCUT2D eigenvalue weighted by atomic mass is 35.5. The van der Waals surface area contributed by atoms with Crippen molar-refractivity contribution in [2.24, 2.45) is 5.73 Å². The van der Waals surface area contributed by atoms with Crippen LogP contribution in [0.3, 0.4) is 0 Å². The smallest absolute Gasteiger partial charge is 0.146 e. The van der Waals surface area contributed by atoms with E-state index >= 15 is 0 Å². The van der Waals surface area contributed by atoms with E-state index in [9.17, 15) is 4.39 Å². The van der Waals surface area contributed by atoms with Crippen molar-refractivity contribution < 1.29 is 9.13 Å². The molecule has 1 aromatic carbocycles. The molecule has 1 atom stereocenters. The molecule has 1 aromatic rings. The predicted molar refractivity (Wildman–Crippen MR) is 84.0 cm³/mol. The van der Waals surface area contributed by atoms with Gasteiger partial charge in [0, 0.05) is 25.2 Å². The number of hydrogen-bond acceptors (Lipinski definition) is 3. The van der Waals surface area contributed by atoms with Crippen molar-refractivity contribution in [1.82, 2.24) is 4.90 Å². The van der Waals surface area contributed by atoms with Gasteiger partial charge in [0.15, 0.2) is 0 Å². The maximum Gasteiger partial charge on any atom is 0.146 e. The third-order valence-electron chi connectivity index (χ3n) is 3.72. The summed E-state index contributed by atoms with van der Waals surface area (Å²) < 4.78 is 20.4. The van der Waals surface area contributed by atoms with Crippen LogP contribution < -0.4 is 5.73 Å². The number of nitrogens with two attached hydrogens (primary N) is 1. The fourth-order valence-corrected chi connectivity index (χ4v) is 3.50. The maximum atomic E-state index is 14.3. The molecule has 1 aliphatic rings. The zero-order chi connectivity index (χ0) is 15.8. The summed E-state index contributed by atoms with van der Waals surface area (Å²) in [7, 11) is 0. The minimum absolute atomic E-state index is 0.137. The highest BCUT2D eigenvalue weighted by Crippen LogP contribution is 2.34. The first-order valence-corrected chi connectivity index (χ1v) is 7.61. The minimum Gasteiger partial charge on any atom is -0.367 e. The van der Waals surface area contributed by atoms with Crippen LogP contribution in [0.15, 0.2) is 18.2 Å². The van der Waals surface area contributed by atoms with Crippen LogP contribution in [0.5, 0.6) is 0 Å². The molecule has 0 bridgehead atoms. The van der Waals surface area contributed by atoms with Crippen molar-refractivity contribution in [2.75, 3.05) is 19.6 Å². The summed E-state index contributed by atoms with van der Waals surface area (Å²) in [5, 5.41) is 0.137. The summed E-state index contributed by atoms with van der Waals surface area (Å²) in [6, 6.07) is 4.88. The molecule has 1 fully saturated rings. The molecule has 3 nitrogen and oxygen atoms in total. The van der Waals surface area contributed by atoms with Crippen LogP contribution in [0.2, 0.25) is 5.02 Å². The lowest BCUT2D eigenvalue weighted by Gasteiger charge is -2.49. The van der Waals surface area contributed by atoms with Gasteiger partial charge in [-0.25, -0.2) is 4.39 Å². The first-order valence-electron chi connectivity index (χ1n) is 7.23. The van der Waals surface area contributed by atoms with E-state index in [1.807, 2.05) is 27.7 Å². The van der Waals surface area contributed by atoms with Gasteiger partial charge >= 0.3 is 0 Å². The van der Waals surface area contributed by atoms with Crippen molar-refractivity contribution in [3.05, 3.63) is 34.6 Å². The second-order valence-electron chi connectivity index (χ2n) is 6.92. The van der Waals surface area contributed by atoms with E-state index in [-0.39, 0.29) is 28.1 Å². The standard InChI is InChI=1S/C16H24ClFN2O/c1-15(2)9-20(10-16(3,4)21-15)13(8-19)11-6-5-7-12(17)14(11)18/h5-7,13H,8-10,19H2,1-4H3. The molecule has 1 unspecified atom stereocenters. The molecule has 2 N–H and O–H groups in total. The van der Waals surface area contributed by atoms with Crippen molar-refractivity contribution in [3.8, 4) is 0 Å². The highest BCUT2D eigenvalue weighted by molar-refractivity contribution is 6.30. The van der Waals surface area contributed by atoms with Crippen LogP contribution >= 0.6 is 11.6 Å². The summed E-state index contributed by atoms with van der Waals surface area (Å²) in [6.07, 6.45) is 0. The van der Waals surface area contributed by atoms with Crippen molar-refractivity contribution in [2.45, 2.75) is 44.9 Å². The van der Waals surface area contributed by atoms with Crippen molar-refractivity contribution in [1.29, 1.82) is 0 Å². The Hall–Kier alpha value is -0.680. The number of nitrogens with zero attached hydrogens (tertiary/aromatic N) is 1. The lowest BCUT2D eigenvalue weighted by molar-refractivity contribution is -0.187. The van der Waals surface area contributed by atoms with Gasteiger partial charge in [-0.3, -0.25) is 4.90 Å². The molecular weight excluding hydrogens is 291 g/mol. The lowest BCUT2D eigenvalue weighted by Crippen LogP contribution is -2.58. The summed E-state index contributed by atoms with van der Waals surface area (Å²) in [5.74, 6) is -0.378. The Morgan fingerprint density at radius 3 is 2.38 bits per heavy atom. The zero-order valence-corrected chi connectivity index (χ0v) is 13.9. The van der Waals surface area contributed by atoms with Gasteiger partial charge in [0.25, 0.3) is 0 Å². The van der Waals surface area contributed by atoms with Gasteiger partial charge in [-0.1, -0.05) is 23.7 Å². The van der Waals surface area contributed by atoms with Gasteiger partial charge in [0.2, 0.25) is 0 Å². The third-order valence-corrected chi connectivity index (χ3v) is 4.02. The van der Waals surface area contributed by atoms with Gasteiger partial charge < -0.3 is 10.5 Å². The van der Waals surface area contributed by atoms with Crippen molar-refractivity contribution in [3.63, 3.8) is 0 Å². The molecule has 2 rings (SSSR count). The molecule has 0 aromatic heterocycles. The summed E-state index contributed by atoms with van der Waals surface area (Å²) in [4.78, 5) is 2.19. The highest BCUT2D eigenvalue weighted by Gasteiger charge is 2.41. The number of ether oxygens (including phenoxy) is 1. The van der Waals surface area contributed by atoms with Crippen LogP contribution in [0.25, 0.3) is 0 Å². The van der Waals surface area contributed by atoms with E-state index in [1.165, 1.54) is 0 Å². The number of halogens is 2. The van der Waals surface area contributed by atoms with Crippen LogP contribution in [0, 0.1) is 5.82 Å². The SMILES string of the molecule is CC1(C)CN(C(CN)c2cccc(Cl)c2F)CC(C)(C)O1. The Balaban J connectivity index is 2.35. The Morgan fingerprint density at radius 1 is 1.29 bits per heavy atom. The van der Waals surface area contributed by atoms with Crippen LogP contribution in [-0.2, 0) is 4.74 Å². The molecule has 0 radical (unpaired) electrons. The zero-order valence-electron chi connectivity index (χ0n) is 13.1. The second kappa shape index (κ2) is 5.84. The first-order chi connectivity index (χ1) is 9.65. The van der Waals surface area contributed by atoms with Crippen LogP contribution in [-0.4, -0.2) is 35.7 Å². The molecule has 0 amide bonds. The number of rotatable bonds is 3. The Labute approximate surface area is 131 Å². The van der Waals surface area contributed by atoms with E-state index in [0.717, 1.165) is 0 Å². The molecule has 0 saturated carbocycles. The van der Waals surface area contributed by atoms with Gasteiger partial charge in [-0.05, 0) is 33.8 Å². The summed E-state index contributed by atoms with van der Waals surface area (Å²) >= 11 is 5.91. The molecule has 1 saturated heterocycles. The summed E-state index contributed by atoms with van der Waals surface area (Å²) in [6.45, 7) is 9.91. The largest absolute Gasteiger partial charge is 0.367 e. The average molecular weight is 315 g/mol.